The summed E-state index contributed by atoms with van der Waals surface area (Å²) in [5.74, 6) is 1.23. The van der Waals surface area contributed by atoms with E-state index < -0.39 is 0 Å². The van der Waals surface area contributed by atoms with Gasteiger partial charge in [0.2, 0.25) is 0 Å². The molecule has 0 radical (unpaired) electrons. The molecule has 2 heteroatoms. The second-order valence-electron chi connectivity index (χ2n) is 6.72. The van der Waals surface area contributed by atoms with Gasteiger partial charge >= 0.3 is 0 Å². The monoisotopic (exact) mass is 278 g/mol. The van der Waals surface area contributed by atoms with Crippen molar-refractivity contribution in [2.45, 2.75) is 39.0 Å². The fraction of sp³-hybridized carbons (Fsp3) is 0.421. The van der Waals surface area contributed by atoms with Gasteiger partial charge in [0.05, 0.1) is 0 Å². The maximum atomic E-state index is 6.00. The minimum Gasteiger partial charge on any atom is -0.327 e. The highest BCUT2D eigenvalue weighted by Crippen LogP contribution is 2.42. The maximum Gasteiger partial charge on any atom is 0.0346 e. The minimum atomic E-state index is 0.594. The van der Waals surface area contributed by atoms with E-state index in [9.17, 15) is 0 Å². The van der Waals surface area contributed by atoms with Crippen molar-refractivity contribution in [1.82, 2.24) is 4.98 Å². The lowest BCUT2D eigenvalue weighted by molar-refractivity contribution is 0.660. The molecule has 21 heavy (non-hydrogen) atoms. The third-order valence-corrected chi connectivity index (χ3v) is 5.40. The first-order chi connectivity index (χ1) is 10.2. The maximum absolute atomic E-state index is 6.00. The van der Waals surface area contributed by atoms with Crippen LogP contribution in [0, 0.1) is 5.92 Å². The van der Waals surface area contributed by atoms with Crippen molar-refractivity contribution in [3.05, 3.63) is 46.8 Å². The lowest BCUT2D eigenvalue weighted by atomic mass is 9.95. The van der Waals surface area contributed by atoms with Crippen molar-refractivity contribution >= 4 is 16.3 Å². The SMILES string of the molecule is CC1Cc2cc(C3=C(CN)[C@H](C)CC3)cc3cncc1c23. The first-order valence-electron chi connectivity index (χ1n) is 8.02. The average Bonchev–Trinajstić information content (AvgIpc) is 3.01. The molecule has 0 fully saturated rings. The van der Waals surface area contributed by atoms with Crippen LogP contribution >= 0.6 is 0 Å². The van der Waals surface area contributed by atoms with Crippen molar-refractivity contribution in [2.24, 2.45) is 11.7 Å². The van der Waals surface area contributed by atoms with E-state index in [-0.39, 0.29) is 0 Å². The molecule has 2 aromatic rings. The molecule has 1 aromatic carbocycles. The number of rotatable bonds is 2. The first kappa shape index (κ1) is 13.0. The Morgan fingerprint density at radius 2 is 2.05 bits per heavy atom. The zero-order chi connectivity index (χ0) is 14.6. The van der Waals surface area contributed by atoms with Gasteiger partial charge in [-0.25, -0.2) is 0 Å². The molecule has 4 rings (SSSR count). The number of benzene rings is 1. The Labute approximate surface area is 126 Å². The van der Waals surface area contributed by atoms with Crippen LogP contribution in [0.3, 0.4) is 0 Å². The predicted molar refractivity (Wildman–Crippen MR) is 88.2 cm³/mol. The van der Waals surface area contributed by atoms with Crippen LogP contribution in [0.25, 0.3) is 16.3 Å². The number of allylic oxidation sites excluding steroid dienone is 1. The topological polar surface area (TPSA) is 38.9 Å². The molecule has 0 bridgehead atoms. The van der Waals surface area contributed by atoms with E-state index in [2.05, 4.69) is 31.0 Å². The highest BCUT2D eigenvalue weighted by molar-refractivity contribution is 5.93. The minimum absolute atomic E-state index is 0.594. The summed E-state index contributed by atoms with van der Waals surface area (Å²) in [6, 6.07) is 4.74. The van der Waals surface area contributed by atoms with E-state index in [1.807, 2.05) is 12.4 Å². The molecule has 1 unspecified atom stereocenters. The number of nitrogens with zero attached hydrogens (tertiary/aromatic N) is 1. The molecule has 2 atom stereocenters. The zero-order valence-electron chi connectivity index (χ0n) is 12.8. The lowest BCUT2D eigenvalue weighted by Crippen LogP contribution is -2.08. The fourth-order valence-corrected chi connectivity index (χ4v) is 4.24. The van der Waals surface area contributed by atoms with E-state index in [4.69, 9.17) is 5.73 Å². The van der Waals surface area contributed by atoms with Gasteiger partial charge in [0.15, 0.2) is 0 Å². The second kappa shape index (κ2) is 4.67. The van der Waals surface area contributed by atoms with Gasteiger partial charge in [-0.1, -0.05) is 25.5 Å². The van der Waals surface area contributed by atoms with Crippen molar-refractivity contribution < 1.29 is 0 Å². The number of pyridine rings is 1. The molecule has 2 N–H and O–H groups in total. The van der Waals surface area contributed by atoms with Crippen LogP contribution in [-0.2, 0) is 6.42 Å². The summed E-state index contributed by atoms with van der Waals surface area (Å²) in [6.45, 7) is 5.30. The van der Waals surface area contributed by atoms with Crippen LogP contribution in [-0.4, -0.2) is 11.5 Å². The van der Waals surface area contributed by atoms with E-state index in [0.717, 1.165) is 6.42 Å². The molecular formula is C19H22N2. The number of nitrogens with two attached hydrogens (primary N) is 1. The first-order valence-corrected chi connectivity index (χ1v) is 8.02. The Kier molecular flexibility index (Phi) is 2.90. The highest BCUT2D eigenvalue weighted by Gasteiger charge is 2.25. The predicted octanol–water partition coefficient (Wildman–Crippen LogP) is 4.04. The van der Waals surface area contributed by atoms with Gasteiger partial charge in [-0.15, -0.1) is 0 Å². The quantitative estimate of drug-likeness (QED) is 0.900. The molecule has 1 aromatic heterocycles. The molecule has 0 saturated heterocycles. The number of aromatic nitrogens is 1. The average molecular weight is 278 g/mol. The summed E-state index contributed by atoms with van der Waals surface area (Å²) in [4.78, 5) is 4.45. The molecule has 0 aliphatic heterocycles. The Hall–Kier alpha value is -1.67. The van der Waals surface area contributed by atoms with E-state index in [1.54, 1.807) is 0 Å². The van der Waals surface area contributed by atoms with Crippen LogP contribution in [0.1, 0.15) is 49.3 Å². The number of hydrogen-bond donors (Lipinski definition) is 1. The Morgan fingerprint density at radius 3 is 2.86 bits per heavy atom. The van der Waals surface area contributed by atoms with Crippen molar-refractivity contribution in [2.75, 3.05) is 6.54 Å². The summed E-state index contributed by atoms with van der Waals surface area (Å²) in [5, 5.41) is 2.75. The second-order valence-corrected chi connectivity index (χ2v) is 6.72. The summed E-state index contributed by atoms with van der Waals surface area (Å²) < 4.78 is 0. The summed E-state index contributed by atoms with van der Waals surface area (Å²) in [6.07, 6.45) is 7.62. The van der Waals surface area contributed by atoms with Crippen LogP contribution < -0.4 is 5.73 Å². The molecule has 0 amide bonds. The molecule has 0 spiro atoms. The fourth-order valence-electron chi connectivity index (χ4n) is 4.24. The molecule has 2 aliphatic carbocycles. The molecule has 108 valence electrons. The third-order valence-electron chi connectivity index (χ3n) is 5.40. The third kappa shape index (κ3) is 1.86. The molecular weight excluding hydrogens is 256 g/mol. The smallest absolute Gasteiger partial charge is 0.0346 e. The summed E-state index contributed by atoms with van der Waals surface area (Å²) in [5.41, 5.74) is 13.2. The molecule has 2 nitrogen and oxygen atoms in total. The van der Waals surface area contributed by atoms with Gasteiger partial charge in [0.1, 0.15) is 0 Å². The van der Waals surface area contributed by atoms with Crippen molar-refractivity contribution in [3.63, 3.8) is 0 Å². The standard InChI is InChI=1S/C19H22N2/c1-11-3-4-16(17(11)8-20)13-6-14-5-12(2)18-10-21-9-15(7-13)19(14)18/h6-7,9-12H,3-5,8,20H2,1-2H3/t11-,12?/m1/s1. The van der Waals surface area contributed by atoms with Gasteiger partial charge < -0.3 is 5.73 Å². The molecule has 1 heterocycles. The zero-order valence-corrected chi connectivity index (χ0v) is 12.8. The summed E-state index contributed by atoms with van der Waals surface area (Å²) >= 11 is 0. The Bertz CT molecular complexity index is 757. The lowest BCUT2D eigenvalue weighted by Gasteiger charge is -2.11. The highest BCUT2D eigenvalue weighted by atomic mass is 14.6. The van der Waals surface area contributed by atoms with Gasteiger partial charge in [0.25, 0.3) is 0 Å². The van der Waals surface area contributed by atoms with Crippen LogP contribution in [0.5, 0.6) is 0 Å². The summed E-state index contributed by atoms with van der Waals surface area (Å²) in [7, 11) is 0. The van der Waals surface area contributed by atoms with Crippen LogP contribution in [0.2, 0.25) is 0 Å². The normalized spacial score (nSPS) is 24.3. The van der Waals surface area contributed by atoms with Gasteiger partial charge in [-0.3, -0.25) is 4.98 Å². The van der Waals surface area contributed by atoms with Crippen molar-refractivity contribution in [3.8, 4) is 0 Å². The van der Waals surface area contributed by atoms with E-state index in [1.165, 1.54) is 51.5 Å². The van der Waals surface area contributed by atoms with E-state index >= 15 is 0 Å². The van der Waals surface area contributed by atoms with Crippen LogP contribution in [0.15, 0.2) is 30.1 Å². The van der Waals surface area contributed by atoms with Gasteiger partial charge in [-0.2, -0.15) is 0 Å². The number of hydrogen-bond acceptors (Lipinski definition) is 2. The van der Waals surface area contributed by atoms with Crippen molar-refractivity contribution in [1.29, 1.82) is 0 Å². The van der Waals surface area contributed by atoms with Gasteiger partial charge in [0, 0.05) is 24.3 Å². The largest absolute Gasteiger partial charge is 0.327 e. The van der Waals surface area contributed by atoms with E-state index in [0.29, 0.717) is 18.4 Å². The molecule has 2 aliphatic rings. The Morgan fingerprint density at radius 1 is 1.19 bits per heavy atom. The van der Waals surface area contributed by atoms with Crippen LogP contribution in [0.4, 0.5) is 0 Å². The molecule has 0 saturated carbocycles. The Balaban J connectivity index is 1.94. The van der Waals surface area contributed by atoms with Gasteiger partial charge in [-0.05, 0) is 64.8 Å².